The Morgan fingerprint density at radius 1 is 1.29 bits per heavy atom. The van der Waals surface area contributed by atoms with Gasteiger partial charge in [-0.05, 0) is 35.1 Å². The van der Waals surface area contributed by atoms with E-state index in [9.17, 15) is 4.79 Å². The normalized spacial score (nSPS) is 11.0. The van der Waals surface area contributed by atoms with Crippen LogP contribution in [0.5, 0.6) is 0 Å². The van der Waals surface area contributed by atoms with E-state index < -0.39 is 0 Å². The Hall–Kier alpha value is -2.47. The molecule has 124 valence electrons. The van der Waals surface area contributed by atoms with Crippen molar-refractivity contribution in [3.63, 3.8) is 0 Å². The maximum absolute atomic E-state index is 12.1. The van der Waals surface area contributed by atoms with E-state index in [2.05, 4.69) is 35.4 Å². The van der Waals surface area contributed by atoms with Crippen LogP contribution in [0.25, 0.3) is 10.7 Å². The van der Waals surface area contributed by atoms with Gasteiger partial charge in [0.15, 0.2) is 0 Å². The molecule has 0 aliphatic heterocycles. The van der Waals surface area contributed by atoms with Crippen LogP contribution < -0.4 is 5.32 Å². The Bertz CT molecular complexity index is 809. The van der Waals surface area contributed by atoms with Crippen LogP contribution >= 0.6 is 11.3 Å². The predicted octanol–water partition coefficient (Wildman–Crippen LogP) is 4.49. The number of aryl methyl sites for hydroxylation is 1. The number of hydrogen-bond acceptors (Lipinski definition) is 5. The summed E-state index contributed by atoms with van der Waals surface area (Å²) in [7, 11) is 0. The smallest absolute Gasteiger partial charge is 0.227 e. The van der Waals surface area contributed by atoms with Gasteiger partial charge in [-0.25, -0.2) is 0 Å². The van der Waals surface area contributed by atoms with E-state index in [1.165, 1.54) is 5.56 Å². The van der Waals surface area contributed by atoms with Crippen LogP contribution in [0, 0.1) is 0 Å². The third-order valence-electron chi connectivity index (χ3n) is 3.61. The van der Waals surface area contributed by atoms with E-state index in [0.717, 1.165) is 10.6 Å². The van der Waals surface area contributed by atoms with Crippen LogP contribution in [-0.2, 0) is 11.2 Å². The van der Waals surface area contributed by atoms with Crippen molar-refractivity contribution in [2.45, 2.75) is 32.6 Å². The van der Waals surface area contributed by atoms with Gasteiger partial charge in [-0.3, -0.25) is 4.79 Å². The number of carbonyl (C=O) groups excluding carboxylic acids is 1. The zero-order valence-corrected chi connectivity index (χ0v) is 14.5. The van der Waals surface area contributed by atoms with Crippen LogP contribution in [-0.4, -0.2) is 16.0 Å². The number of anilines is 1. The summed E-state index contributed by atoms with van der Waals surface area (Å²) in [5.74, 6) is 1.41. The van der Waals surface area contributed by atoms with Gasteiger partial charge >= 0.3 is 0 Å². The highest BCUT2D eigenvalue weighted by atomic mass is 32.1. The number of amides is 1. The predicted molar refractivity (Wildman–Crippen MR) is 95.1 cm³/mol. The molecule has 24 heavy (non-hydrogen) atoms. The maximum Gasteiger partial charge on any atom is 0.227 e. The van der Waals surface area contributed by atoms with E-state index in [1.54, 1.807) is 11.3 Å². The zero-order chi connectivity index (χ0) is 16.9. The number of benzene rings is 1. The summed E-state index contributed by atoms with van der Waals surface area (Å²) in [6.45, 7) is 4.25. The van der Waals surface area contributed by atoms with Crippen molar-refractivity contribution < 1.29 is 9.32 Å². The zero-order valence-electron chi connectivity index (χ0n) is 13.7. The van der Waals surface area contributed by atoms with Crippen LogP contribution in [0.2, 0.25) is 0 Å². The average molecular weight is 341 g/mol. The summed E-state index contributed by atoms with van der Waals surface area (Å²) in [4.78, 5) is 17.4. The van der Waals surface area contributed by atoms with Crippen LogP contribution in [0.4, 0.5) is 5.69 Å². The first-order valence-corrected chi connectivity index (χ1v) is 8.76. The highest BCUT2D eigenvalue weighted by Gasteiger charge is 2.11. The van der Waals surface area contributed by atoms with Crippen molar-refractivity contribution in [2.24, 2.45) is 0 Å². The summed E-state index contributed by atoms with van der Waals surface area (Å²) < 4.78 is 5.21. The lowest BCUT2D eigenvalue weighted by Crippen LogP contribution is -2.12. The summed E-state index contributed by atoms with van der Waals surface area (Å²) in [5.41, 5.74) is 2.02. The molecule has 0 saturated heterocycles. The van der Waals surface area contributed by atoms with Gasteiger partial charge in [-0.2, -0.15) is 4.98 Å². The second kappa shape index (κ2) is 7.40. The highest BCUT2D eigenvalue weighted by Crippen LogP contribution is 2.22. The molecule has 1 aromatic carbocycles. The number of thiophene rings is 1. The fourth-order valence-corrected chi connectivity index (χ4v) is 2.93. The molecular formula is C18H19N3O2S. The molecule has 5 nitrogen and oxygen atoms in total. The molecule has 2 aromatic heterocycles. The first-order valence-electron chi connectivity index (χ1n) is 7.88. The van der Waals surface area contributed by atoms with Gasteiger partial charge < -0.3 is 9.84 Å². The molecule has 1 N–H and O–H groups in total. The molecule has 0 aliphatic rings. The second-order valence-corrected chi connectivity index (χ2v) is 6.77. The van der Waals surface area contributed by atoms with Gasteiger partial charge in [0.05, 0.1) is 4.88 Å². The second-order valence-electron chi connectivity index (χ2n) is 5.82. The lowest BCUT2D eigenvalue weighted by Gasteiger charge is -2.09. The maximum atomic E-state index is 12.1. The number of rotatable bonds is 6. The van der Waals surface area contributed by atoms with Gasteiger partial charge in [0, 0.05) is 18.5 Å². The van der Waals surface area contributed by atoms with Gasteiger partial charge in [-0.1, -0.05) is 37.2 Å². The van der Waals surface area contributed by atoms with Crippen molar-refractivity contribution in [1.29, 1.82) is 0 Å². The molecule has 3 aromatic rings. The van der Waals surface area contributed by atoms with Gasteiger partial charge in [0.25, 0.3) is 0 Å². The fraction of sp³-hybridized carbons (Fsp3) is 0.278. The molecule has 1 amide bonds. The molecular weight excluding hydrogens is 322 g/mol. The lowest BCUT2D eigenvalue weighted by molar-refractivity contribution is -0.116. The fourth-order valence-electron chi connectivity index (χ4n) is 2.28. The highest BCUT2D eigenvalue weighted by molar-refractivity contribution is 7.13. The third-order valence-corrected chi connectivity index (χ3v) is 4.48. The SMILES string of the molecule is CC(C)c1cccc(NC(=O)CCc2nc(-c3cccs3)no2)c1. The monoisotopic (exact) mass is 341 g/mol. The van der Waals surface area contributed by atoms with E-state index in [4.69, 9.17) is 4.52 Å². The van der Waals surface area contributed by atoms with Crippen molar-refractivity contribution >= 4 is 22.9 Å². The van der Waals surface area contributed by atoms with E-state index >= 15 is 0 Å². The van der Waals surface area contributed by atoms with Crippen LogP contribution in [0.3, 0.4) is 0 Å². The van der Waals surface area contributed by atoms with Gasteiger partial charge in [0.1, 0.15) is 0 Å². The van der Waals surface area contributed by atoms with Crippen molar-refractivity contribution in [3.8, 4) is 10.7 Å². The summed E-state index contributed by atoms with van der Waals surface area (Å²) in [6, 6.07) is 11.8. The topological polar surface area (TPSA) is 68.0 Å². The minimum Gasteiger partial charge on any atom is -0.339 e. The molecule has 0 saturated carbocycles. The number of aromatic nitrogens is 2. The molecule has 0 radical (unpaired) electrons. The molecule has 3 rings (SSSR count). The Morgan fingerprint density at radius 3 is 2.92 bits per heavy atom. The van der Waals surface area contributed by atoms with Crippen molar-refractivity contribution in [2.75, 3.05) is 5.32 Å². The molecule has 0 bridgehead atoms. The number of nitrogens with one attached hydrogen (secondary N) is 1. The van der Waals surface area contributed by atoms with E-state index in [-0.39, 0.29) is 5.91 Å². The summed E-state index contributed by atoms with van der Waals surface area (Å²) in [6.07, 6.45) is 0.728. The molecule has 0 unspecified atom stereocenters. The Labute approximate surface area is 144 Å². The molecule has 0 spiro atoms. The summed E-state index contributed by atoms with van der Waals surface area (Å²) in [5, 5.41) is 8.82. The quantitative estimate of drug-likeness (QED) is 0.717. The van der Waals surface area contributed by atoms with Crippen molar-refractivity contribution in [1.82, 2.24) is 10.1 Å². The number of hydrogen-bond donors (Lipinski definition) is 1. The minimum absolute atomic E-state index is 0.0632. The molecule has 0 fully saturated rings. The first-order chi connectivity index (χ1) is 11.6. The Balaban J connectivity index is 1.55. The van der Waals surface area contributed by atoms with Crippen LogP contribution in [0.1, 0.15) is 37.6 Å². The average Bonchev–Trinajstić information content (AvgIpc) is 3.24. The number of nitrogens with zero attached hydrogens (tertiary/aromatic N) is 2. The lowest BCUT2D eigenvalue weighted by atomic mass is 10.0. The van der Waals surface area contributed by atoms with E-state index in [1.807, 2.05) is 35.7 Å². The number of carbonyl (C=O) groups is 1. The summed E-state index contributed by atoms with van der Waals surface area (Å²) >= 11 is 1.55. The first kappa shape index (κ1) is 16.4. The molecule has 0 atom stereocenters. The molecule has 0 aliphatic carbocycles. The Morgan fingerprint density at radius 2 is 2.17 bits per heavy atom. The Kier molecular flexibility index (Phi) is 5.05. The van der Waals surface area contributed by atoms with Gasteiger partial charge in [-0.15, -0.1) is 11.3 Å². The standard InChI is InChI=1S/C18H19N3O2S/c1-12(2)13-5-3-6-14(11-13)19-16(22)8-9-17-20-18(21-23-17)15-7-4-10-24-15/h3-7,10-12H,8-9H2,1-2H3,(H,19,22). The largest absolute Gasteiger partial charge is 0.339 e. The van der Waals surface area contributed by atoms with Crippen molar-refractivity contribution in [3.05, 3.63) is 53.2 Å². The van der Waals surface area contributed by atoms with E-state index in [0.29, 0.717) is 30.5 Å². The molecule has 2 heterocycles. The van der Waals surface area contributed by atoms with Gasteiger partial charge in [0.2, 0.25) is 17.6 Å². The molecule has 6 heteroatoms. The van der Waals surface area contributed by atoms with Crippen LogP contribution in [0.15, 0.2) is 46.3 Å². The minimum atomic E-state index is -0.0632. The third kappa shape index (κ3) is 4.08.